The van der Waals surface area contributed by atoms with E-state index in [1.165, 1.54) is 18.2 Å². The average molecular weight is 406 g/mol. The van der Waals surface area contributed by atoms with E-state index < -0.39 is 6.36 Å². The minimum Gasteiger partial charge on any atom is -0.490 e. The van der Waals surface area contributed by atoms with Gasteiger partial charge in [0.05, 0.1) is 6.20 Å². The molecule has 0 atom stereocenters. The summed E-state index contributed by atoms with van der Waals surface area (Å²) in [5, 5.41) is 0. The Bertz CT molecular complexity index is 980. The quantitative estimate of drug-likeness (QED) is 0.665. The van der Waals surface area contributed by atoms with Gasteiger partial charge in [0.15, 0.2) is 5.65 Å². The van der Waals surface area contributed by atoms with Gasteiger partial charge in [-0.3, -0.25) is 9.78 Å². The zero-order chi connectivity index (χ0) is 20.4. The zero-order valence-corrected chi connectivity index (χ0v) is 15.2. The van der Waals surface area contributed by atoms with Gasteiger partial charge in [-0.25, -0.2) is 4.98 Å². The number of hydrogen-bond donors (Lipinski definition) is 0. The number of imidazole rings is 1. The number of likely N-dealkylation sites (tertiary alicyclic amines) is 1. The highest BCUT2D eigenvalue weighted by Gasteiger charge is 2.31. The molecule has 152 valence electrons. The lowest BCUT2D eigenvalue weighted by Gasteiger charge is -2.31. The zero-order valence-electron chi connectivity index (χ0n) is 15.2. The van der Waals surface area contributed by atoms with Gasteiger partial charge in [-0.15, -0.1) is 13.2 Å². The molecule has 1 fully saturated rings. The van der Waals surface area contributed by atoms with Crippen LogP contribution in [-0.4, -0.2) is 50.7 Å². The Labute approximate surface area is 163 Å². The number of carbonyl (C=O) groups excluding carboxylic acids is 1. The minimum atomic E-state index is -4.75. The molecule has 0 radical (unpaired) electrons. The second kappa shape index (κ2) is 7.61. The highest BCUT2D eigenvalue weighted by atomic mass is 19.4. The van der Waals surface area contributed by atoms with E-state index in [2.05, 4.69) is 14.7 Å². The molecule has 1 aliphatic rings. The summed E-state index contributed by atoms with van der Waals surface area (Å²) in [5.41, 5.74) is 0.935. The molecule has 0 unspecified atom stereocenters. The maximum Gasteiger partial charge on any atom is 0.573 e. The summed E-state index contributed by atoms with van der Waals surface area (Å²) in [6.07, 6.45) is 2.73. The molecule has 1 amide bonds. The second-order valence-corrected chi connectivity index (χ2v) is 6.60. The van der Waals surface area contributed by atoms with E-state index in [9.17, 15) is 18.0 Å². The fourth-order valence-electron chi connectivity index (χ4n) is 3.22. The number of ether oxygens (including phenoxy) is 2. The van der Waals surface area contributed by atoms with E-state index >= 15 is 0 Å². The van der Waals surface area contributed by atoms with Crippen LogP contribution in [0.2, 0.25) is 0 Å². The van der Waals surface area contributed by atoms with Crippen molar-refractivity contribution in [2.75, 3.05) is 13.1 Å². The normalized spacial score (nSPS) is 15.5. The molecule has 0 saturated carbocycles. The Morgan fingerprint density at radius 3 is 2.66 bits per heavy atom. The van der Waals surface area contributed by atoms with Crippen molar-refractivity contribution in [2.45, 2.75) is 25.3 Å². The van der Waals surface area contributed by atoms with Crippen LogP contribution in [0.3, 0.4) is 0 Å². The number of aromatic nitrogens is 3. The number of benzene rings is 1. The molecule has 0 spiro atoms. The van der Waals surface area contributed by atoms with Crippen molar-refractivity contribution < 1.29 is 27.4 Å². The van der Waals surface area contributed by atoms with Crippen molar-refractivity contribution in [3.05, 3.63) is 54.7 Å². The van der Waals surface area contributed by atoms with Crippen LogP contribution in [0, 0.1) is 0 Å². The van der Waals surface area contributed by atoms with Crippen LogP contribution in [0.5, 0.6) is 11.5 Å². The molecule has 4 rings (SSSR count). The first-order chi connectivity index (χ1) is 13.9. The number of hydrogen-bond acceptors (Lipinski definition) is 5. The van der Waals surface area contributed by atoms with Crippen molar-refractivity contribution in [2.24, 2.45) is 0 Å². The SMILES string of the molecule is O=C(c1cn2ccncc2n1)N1CCC(Oc2cccc(OC(F)(F)F)c2)CC1. The molecule has 7 nitrogen and oxygen atoms in total. The Morgan fingerprint density at radius 2 is 1.93 bits per heavy atom. The standard InChI is InChI=1S/C19H17F3N4O3/c20-19(21,22)29-15-3-1-2-14(10-15)28-13-4-7-25(8-5-13)18(27)16-12-26-9-6-23-11-17(26)24-16/h1-3,6,9-13H,4-5,7-8H2. The minimum absolute atomic E-state index is 0.173. The summed E-state index contributed by atoms with van der Waals surface area (Å²) in [7, 11) is 0. The van der Waals surface area contributed by atoms with Crippen molar-refractivity contribution in [3.63, 3.8) is 0 Å². The van der Waals surface area contributed by atoms with Gasteiger partial charge in [0.1, 0.15) is 23.3 Å². The molecule has 0 N–H and O–H groups in total. The largest absolute Gasteiger partial charge is 0.573 e. The third kappa shape index (κ3) is 4.58. The van der Waals surface area contributed by atoms with E-state index in [0.717, 1.165) is 0 Å². The van der Waals surface area contributed by atoms with Crippen molar-refractivity contribution in [1.29, 1.82) is 0 Å². The first kappa shape index (κ1) is 19.0. The van der Waals surface area contributed by atoms with Gasteiger partial charge in [-0.05, 0) is 12.1 Å². The average Bonchev–Trinajstić information content (AvgIpc) is 3.11. The van der Waals surface area contributed by atoms with Gasteiger partial charge in [-0.2, -0.15) is 0 Å². The third-order valence-corrected chi connectivity index (χ3v) is 4.55. The van der Waals surface area contributed by atoms with E-state index in [-0.39, 0.29) is 17.8 Å². The number of amides is 1. The Kier molecular flexibility index (Phi) is 4.99. The van der Waals surface area contributed by atoms with E-state index in [4.69, 9.17) is 4.74 Å². The predicted octanol–water partition coefficient (Wildman–Crippen LogP) is 3.31. The lowest BCUT2D eigenvalue weighted by molar-refractivity contribution is -0.274. The molecule has 1 saturated heterocycles. The molecular weight excluding hydrogens is 389 g/mol. The van der Waals surface area contributed by atoms with Crippen LogP contribution >= 0.6 is 0 Å². The molecular formula is C19H17F3N4O3. The molecule has 1 aromatic carbocycles. The van der Waals surface area contributed by atoms with Crippen LogP contribution in [0.25, 0.3) is 5.65 Å². The Balaban J connectivity index is 1.34. The summed E-state index contributed by atoms with van der Waals surface area (Å²) in [6.45, 7) is 0.933. The summed E-state index contributed by atoms with van der Waals surface area (Å²) in [4.78, 5) is 22.6. The van der Waals surface area contributed by atoms with E-state index in [1.54, 1.807) is 40.2 Å². The lowest BCUT2D eigenvalue weighted by Crippen LogP contribution is -2.41. The Morgan fingerprint density at radius 1 is 1.17 bits per heavy atom. The fraction of sp³-hybridized carbons (Fsp3) is 0.316. The number of carbonyl (C=O) groups is 1. The maximum absolute atomic E-state index is 12.7. The van der Waals surface area contributed by atoms with E-state index in [1.807, 2.05) is 0 Å². The van der Waals surface area contributed by atoms with Gasteiger partial charge in [-0.1, -0.05) is 6.07 Å². The lowest BCUT2D eigenvalue weighted by atomic mass is 10.1. The van der Waals surface area contributed by atoms with Crippen molar-refractivity contribution >= 4 is 11.6 Å². The highest BCUT2D eigenvalue weighted by molar-refractivity contribution is 5.93. The smallest absolute Gasteiger partial charge is 0.490 e. The first-order valence-electron chi connectivity index (χ1n) is 8.98. The molecule has 3 heterocycles. The van der Waals surface area contributed by atoms with Gasteiger partial charge in [0, 0.05) is 50.6 Å². The molecule has 10 heteroatoms. The fourth-order valence-corrected chi connectivity index (χ4v) is 3.22. The van der Waals surface area contributed by atoms with Crippen LogP contribution in [0.4, 0.5) is 13.2 Å². The molecule has 2 aromatic heterocycles. The Hall–Kier alpha value is -3.30. The number of rotatable bonds is 4. The van der Waals surface area contributed by atoms with Gasteiger partial charge < -0.3 is 18.8 Å². The number of nitrogens with zero attached hydrogens (tertiary/aromatic N) is 4. The summed E-state index contributed by atoms with van der Waals surface area (Å²) in [5.74, 6) is -0.207. The monoisotopic (exact) mass is 406 g/mol. The van der Waals surface area contributed by atoms with E-state index in [0.29, 0.717) is 43.0 Å². The van der Waals surface area contributed by atoms with Crippen LogP contribution in [0.15, 0.2) is 49.1 Å². The predicted molar refractivity (Wildman–Crippen MR) is 95.7 cm³/mol. The van der Waals surface area contributed by atoms with Crippen molar-refractivity contribution in [3.8, 4) is 11.5 Å². The summed E-state index contributed by atoms with van der Waals surface area (Å²) >= 11 is 0. The number of alkyl halides is 3. The van der Waals surface area contributed by atoms with Crippen LogP contribution in [0.1, 0.15) is 23.3 Å². The summed E-state index contributed by atoms with van der Waals surface area (Å²) in [6, 6.07) is 5.43. The summed E-state index contributed by atoms with van der Waals surface area (Å²) < 4.78 is 48.5. The number of piperidine rings is 1. The molecule has 1 aliphatic heterocycles. The third-order valence-electron chi connectivity index (χ3n) is 4.55. The molecule has 29 heavy (non-hydrogen) atoms. The molecule has 0 aliphatic carbocycles. The number of fused-ring (bicyclic) bond motifs is 1. The highest BCUT2D eigenvalue weighted by Crippen LogP contribution is 2.28. The molecule has 3 aromatic rings. The van der Waals surface area contributed by atoms with Crippen LogP contribution < -0.4 is 9.47 Å². The van der Waals surface area contributed by atoms with Gasteiger partial charge in [0.2, 0.25) is 0 Å². The first-order valence-corrected chi connectivity index (χ1v) is 8.98. The number of halogens is 3. The van der Waals surface area contributed by atoms with Gasteiger partial charge in [0.25, 0.3) is 5.91 Å². The van der Waals surface area contributed by atoms with Crippen molar-refractivity contribution in [1.82, 2.24) is 19.3 Å². The second-order valence-electron chi connectivity index (χ2n) is 6.60. The van der Waals surface area contributed by atoms with Gasteiger partial charge >= 0.3 is 6.36 Å². The maximum atomic E-state index is 12.7. The van der Waals surface area contributed by atoms with Crippen LogP contribution in [-0.2, 0) is 0 Å². The molecule has 0 bridgehead atoms. The topological polar surface area (TPSA) is 69.0 Å².